The van der Waals surface area contributed by atoms with Gasteiger partial charge in [0.25, 0.3) is 5.91 Å². The molecule has 1 amide bonds. The van der Waals surface area contributed by atoms with Crippen molar-refractivity contribution in [1.29, 1.82) is 5.26 Å². The lowest BCUT2D eigenvalue weighted by Gasteiger charge is -2.41. The van der Waals surface area contributed by atoms with E-state index in [4.69, 9.17) is 5.26 Å². The van der Waals surface area contributed by atoms with E-state index < -0.39 is 53.2 Å². The number of hydrogen-bond donors (Lipinski definition) is 1. The predicted molar refractivity (Wildman–Crippen MR) is 80.3 cm³/mol. The lowest BCUT2D eigenvalue weighted by Crippen LogP contribution is -2.69. The standard InChI is InChI=1S/C16H12F7N3O2/c1-9-2-4-10(5-3-9)11-8-13(28,26(25-11)12(27)6-7-24)14(17,18)15(19,20)16(21,22)23/h2-5,28H,6,8H2,1H3/t13-/m1/s1. The van der Waals surface area contributed by atoms with Crippen molar-refractivity contribution in [2.75, 3.05) is 0 Å². The molecule has 0 aromatic heterocycles. The highest BCUT2D eigenvalue weighted by molar-refractivity contribution is 6.03. The summed E-state index contributed by atoms with van der Waals surface area (Å²) in [5.41, 5.74) is -4.13. The largest absolute Gasteiger partial charge is 0.460 e. The van der Waals surface area contributed by atoms with Crippen LogP contribution in [-0.4, -0.2) is 45.5 Å². The van der Waals surface area contributed by atoms with Crippen LogP contribution in [0.25, 0.3) is 0 Å². The average molecular weight is 411 g/mol. The van der Waals surface area contributed by atoms with E-state index in [-0.39, 0.29) is 5.56 Å². The first-order valence-electron chi connectivity index (χ1n) is 7.58. The Morgan fingerprint density at radius 1 is 1.21 bits per heavy atom. The third kappa shape index (κ3) is 3.19. The maximum Gasteiger partial charge on any atom is 0.460 e. The summed E-state index contributed by atoms with van der Waals surface area (Å²) in [5, 5.41) is 21.5. The molecule has 0 unspecified atom stereocenters. The van der Waals surface area contributed by atoms with Gasteiger partial charge < -0.3 is 5.11 Å². The van der Waals surface area contributed by atoms with Crippen molar-refractivity contribution in [3.63, 3.8) is 0 Å². The van der Waals surface area contributed by atoms with Crippen LogP contribution in [0.5, 0.6) is 0 Å². The van der Waals surface area contributed by atoms with Crippen molar-refractivity contribution in [2.45, 2.75) is 43.5 Å². The third-order valence-electron chi connectivity index (χ3n) is 4.09. The smallest absolute Gasteiger partial charge is 0.364 e. The van der Waals surface area contributed by atoms with E-state index in [2.05, 4.69) is 5.10 Å². The quantitative estimate of drug-likeness (QED) is 0.772. The van der Waals surface area contributed by atoms with Crippen LogP contribution in [0.15, 0.2) is 29.4 Å². The zero-order chi connectivity index (χ0) is 21.5. The molecule has 0 saturated carbocycles. The second-order valence-corrected chi connectivity index (χ2v) is 6.09. The van der Waals surface area contributed by atoms with Crippen LogP contribution in [0.2, 0.25) is 0 Å². The fourth-order valence-electron chi connectivity index (χ4n) is 2.53. The minimum absolute atomic E-state index is 0.0161. The number of carbonyl (C=O) groups excluding carboxylic acids is 1. The van der Waals surface area contributed by atoms with E-state index in [1.807, 2.05) is 0 Å². The lowest BCUT2D eigenvalue weighted by molar-refractivity contribution is -0.401. The summed E-state index contributed by atoms with van der Waals surface area (Å²) in [4.78, 5) is 11.9. The minimum Gasteiger partial charge on any atom is -0.364 e. The van der Waals surface area contributed by atoms with Crippen LogP contribution < -0.4 is 0 Å². The molecule has 1 aromatic rings. The van der Waals surface area contributed by atoms with Crippen LogP contribution in [0, 0.1) is 18.3 Å². The van der Waals surface area contributed by atoms with Gasteiger partial charge in [0.15, 0.2) is 0 Å². The molecule has 5 nitrogen and oxygen atoms in total. The molecule has 0 fully saturated rings. The Morgan fingerprint density at radius 3 is 2.21 bits per heavy atom. The molecule has 0 saturated heterocycles. The maximum absolute atomic E-state index is 14.3. The number of hydrazone groups is 1. The van der Waals surface area contributed by atoms with Gasteiger partial charge in [-0.05, 0) is 12.5 Å². The number of rotatable bonds is 4. The fraction of sp³-hybridized carbons (Fsp3) is 0.438. The first kappa shape index (κ1) is 21.6. The van der Waals surface area contributed by atoms with Crippen molar-refractivity contribution in [3.8, 4) is 6.07 Å². The Bertz CT molecular complexity index is 843. The fourth-order valence-corrected chi connectivity index (χ4v) is 2.53. The van der Waals surface area contributed by atoms with Gasteiger partial charge >= 0.3 is 18.0 Å². The SMILES string of the molecule is Cc1ccc(C2=NN(C(=O)CC#N)[C@](O)(C(F)(F)C(F)(F)C(F)(F)F)C2)cc1. The Kier molecular flexibility index (Phi) is 5.20. The lowest BCUT2D eigenvalue weighted by atomic mass is 9.91. The maximum atomic E-state index is 14.3. The molecule has 1 aromatic carbocycles. The Balaban J connectivity index is 2.59. The normalized spacial score (nSPS) is 20.7. The van der Waals surface area contributed by atoms with Crippen LogP contribution >= 0.6 is 0 Å². The summed E-state index contributed by atoms with van der Waals surface area (Å²) in [5.74, 6) is -14.5. The number of benzene rings is 1. The number of nitriles is 1. The summed E-state index contributed by atoms with van der Waals surface area (Å²) in [6, 6.07) is 6.78. The molecule has 1 atom stereocenters. The molecule has 1 aliphatic rings. The third-order valence-corrected chi connectivity index (χ3v) is 4.09. The molecule has 2 rings (SSSR count). The number of hydrogen-bond acceptors (Lipinski definition) is 4. The molecule has 0 bridgehead atoms. The molecule has 0 spiro atoms. The predicted octanol–water partition coefficient (Wildman–Crippen LogP) is 3.37. The van der Waals surface area contributed by atoms with Crippen molar-refractivity contribution < 1.29 is 40.6 Å². The molecule has 1 heterocycles. The number of aryl methyl sites for hydroxylation is 1. The second-order valence-electron chi connectivity index (χ2n) is 6.09. The van der Waals surface area contributed by atoms with Gasteiger partial charge in [-0.1, -0.05) is 29.8 Å². The molecule has 1 N–H and O–H groups in total. The number of nitrogens with zero attached hydrogens (tertiary/aromatic N) is 3. The highest BCUT2D eigenvalue weighted by atomic mass is 19.4. The van der Waals surface area contributed by atoms with Crippen molar-refractivity contribution >= 4 is 11.6 Å². The van der Waals surface area contributed by atoms with E-state index in [0.717, 1.165) is 0 Å². The number of carbonyl (C=O) groups is 1. The van der Waals surface area contributed by atoms with Gasteiger partial charge in [-0.25, -0.2) is 0 Å². The van der Waals surface area contributed by atoms with E-state index in [1.54, 1.807) is 6.92 Å². The van der Waals surface area contributed by atoms with Gasteiger partial charge in [0, 0.05) is 6.42 Å². The molecular formula is C16H12F7N3O2. The van der Waals surface area contributed by atoms with Gasteiger partial charge in [0.1, 0.15) is 6.42 Å². The van der Waals surface area contributed by atoms with Crippen LogP contribution in [-0.2, 0) is 4.79 Å². The van der Waals surface area contributed by atoms with Crippen molar-refractivity contribution in [2.24, 2.45) is 5.10 Å². The molecular weight excluding hydrogens is 399 g/mol. The van der Waals surface area contributed by atoms with Gasteiger partial charge in [-0.15, -0.1) is 0 Å². The molecule has 1 aliphatic heterocycles. The molecule has 152 valence electrons. The van der Waals surface area contributed by atoms with Crippen LogP contribution in [0.1, 0.15) is 24.0 Å². The first-order chi connectivity index (χ1) is 12.7. The number of aliphatic hydroxyl groups is 1. The Labute approximate surface area is 153 Å². The number of amides is 1. The second kappa shape index (κ2) is 6.73. The molecule has 0 radical (unpaired) electrons. The summed E-state index contributed by atoms with van der Waals surface area (Å²) in [6.07, 6.45) is -9.41. The van der Waals surface area contributed by atoms with E-state index in [9.17, 15) is 40.6 Å². The van der Waals surface area contributed by atoms with E-state index in [1.165, 1.54) is 30.3 Å². The summed E-state index contributed by atoms with van der Waals surface area (Å²) in [7, 11) is 0. The Morgan fingerprint density at radius 2 is 1.75 bits per heavy atom. The number of halogens is 7. The first-order valence-corrected chi connectivity index (χ1v) is 7.58. The van der Waals surface area contributed by atoms with Gasteiger partial charge in [-0.3, -0.25) is 4.79 Å². The van der Waals surface area contributed by atoms with Crippen molar-refractivity contribution in [3.05, 3.63) is 35.4 Å². The molecule has 0 aliphatic carbocycles. The summed E-state index contributed by atoms with van der Waals surface area (Å²) in [6.45, 7) is 1.66. The highest BCUT2D eigenvalue weighted by Crippen LogP contribution is 2.54. The van der Waals surface area contributed by atoms with Gasteiger partial charge in [0.2, 0.25) is 5.72 Å². The summed E-state index contributed by atoms with van der Waals surface area (Å²) >= 11 is 0. The minimum atomic E-state index is -6.72. The average Bonchev–Trinajstić information content (AvgIpc) is 2.94. The zero-order valence-electron chi connectivity index (χ0n) is 14.1. The molecule has 12 heteroatoms. The van der Waals surface area contributed by atoms with Gasteiger partial charge in [-0.2, -0.15) is 46.1 Å². The number of alkyl halides is 7. The topological polar surface area (TPSA) is 76.7 Å². The summed E-state index contributed by atoms with van der Waals surface area (Å²) < 4.78 is 93.4. The van der Waals surface area contributed by atoms with E-state index >= 15 is 0 Å². The van der Waals surface area contributed by atoms with E-state index in [0.29, 0.717) is 5.56 Å². The van der Waals surface area contributed by atoms with Crippen molar-refractivity contribution in [1.82, 2.24) is 5.01 Å². The zero-order valence-corrected chi connectivity index (χ0v) is 14.1. The molecule has 28 heavy (non-hydrogen) atoms. The van der Waals surface area contributed by atoms with Crippen LogP contribution in [0.3, 0.4) is 0 Å². The monoisotopic (exact) mass is 411 g/mol. The van der Waals surface area contributed by atoms with Crippen LogP contribution in [0.4, 0.5) is 30.7 Å². The highest BCUT2D eigenvalue weighted by Gasteiger charge is 2.82. The Hall–Kier alpha value is -2.68. The van der Waals surface area contributed by atoms with Gasteiger partial charge in [0.05, 0.1) is 11.8 Å².